The molecule has 1 N–H and O–H groups in total. The molecule has 2 nitrogen and oxygen atoms in total. The van der Waals surface area contributed by atoms with Gasteiger partial charge in [-0.3, -0.25) is 4.79 Å². The molecule has 0 aromatic heterocycles. The first-order chi connectivity index (χ1) is 11.1. The number of benzene rings is 2. The first-order valence-electron chi connectivity index (χ1n) is 8.24. The average molecular weight is 328 g/mol. The highest BCUT2D eigenvalue weighted by atomic mass is 35.5. The van der Waals surface area contributed by atoms with Gasteiger partial charge in [0.2, 0.25) is 5.91 Å². The van der Waals surface area contributed by atoms with Gasteiger partial charge in [-0.15, -0.1) is 0 Å². The molecule has 1 amide bonds. The van der Waals surface area contributed by atoms with E-state index in [-0.39, 0.29) is 5.91 Å². The maximum atomic E-state index is 13.1. The summed E-state index contributed by atoms with van der Waals surface area (Å²) in [6, 6.07) is 15.7. The van der Waals surface area contributed by atoms with E-state index in [1.165, 1.54) is 12.0 Å². The van der Waals surface area contributed by atoms with Crippen molar-refractivity contribution in [3.8, 4) is 0 Å². The van der Waals surface area contributed by atoms with Gasteiger partial charge in [0.25, 0.3) is 0 Å². The molecule has 23 heavy (non-hydrogen) atoms. The van der Waals surface area contributed by atoms with Crippen molar-refractivity contribution in [2.24, 2.45) is 0 Å². The quantitative estimate of drug-likeness (QED) is 0.793. The molecule has 1 aliphatic rings. The number of hydrogen-bond acceptors (Lipinski definition) is 1. The van der Waals surface area contributed by atoms with Gasteiger partial charge in [-0.25, -0.2) is 0 Å². The van der Waals surface area contributed by atoms with Crippen LogP contribution in [0, 0.1) is 6.92 Å². The molecular formula is C20H22ClNO. The molecule has 0 spiro atoms. The smallest absolute Gasteiger partial charge is 0.235 e. The topological polar surface area (TPSA) is 29.1 Å². The van der Waals surface area contributed by atoms with Crippen LogP contribution in [0.25, 0.3) is 0 Å². The summed E-state index contributed by atoms with van der Waals surface area (Å²) in [5.74, 6) is 0.0864. The second-order valence-electron chi connectivity index (χ2n) is 6.47. The minimum Gasteiger partial charge on any atom is -0.325 e. The highest BCUT2D eigenvalue weighted by molar-refractivity contribution is 6.30. The normalized spacial score (nSPS) is 16.8. The van der Waals surface area contributed by atoms with E-state index in [0.29, 0.717) is 5.02 Å². The van der Waals surface area contributed by atoms with Crippen LogP contribution in [-0.4, -0.2) is 5.91 Å². The lowest BCUT2D eigenvalue weighted by Gasteiger charge is -2.36. The molecule has 1 saturated carbocycles. The number of halogens is 1. The van der Waals surface area contributed by atoms with Crippen molar-refractivity contribution in [2.45, 2.75) is 44.4 Å². The molecule has 3 rings (SSSR count). The first-order valence-corrected chi connectivity index (χ1v) is 8.62. The van der Waals surface area contributed by atoms with Crippen molar-refractivity contribution in [1.82, 2.24) is 0 Å². The molecule has 1 aliphatic carbocycles. The van der Waals surface area contributed by atoms with Gasteiger partial charge in [-0.1, -0.05) is 60.7 Å². The zero-order chi connectivity index (χ0) is 16.3. The monoisotopic (exact) mass is 327 g/mol. The summed E-state index contributed by atoms with van der Waals surface area (Å²) < 4.78 is 0. The number of nitrogens with one attached hydrogen (secondary N) is 1. The molecule has 0 atom stereocenters. The summed E-state index contributed by atoms with van der Waals surface area (Å²) in [5.41, 5.74) is 2.61. The zero-order valence-corrected chi connectivity index (χ0v) is 14.2. The fourth-order valence-electron chi connectivity index (χ4n) is 3.48. The van der Waals surface area contributed by atoms with Crippen LogP contribution in [-0.2, 0) is 10.2 Å². The Kier molecular flexibility index (Phi) is 4.72. The van der Waals surface area contributed by atoms with E-state index < -0.39 is 5.41 Å². The third-order valence-electron chi connectivity index (χ3n) is 4.83. The van der Waals surface area contributed by atoms with E-state index >= 15 is 0 Å². The van der Waals surface area contributed by atoms with Gasteiger partial charge in [0.15, 0.2) is 0 Å². The van der Waals surface area contributed by atoms with E-state index in [0.717, 1.165) is 36.9 Å². The Bertz CT molecular complexity index is 687. The van der Waals surface area contributed by atoms with E-state index in [1.54, 1.807) is 0 Å². The van der Waals surface area contributed by atoms with Crippen molar-refractivity contribution in [1.29, 1.82) is 0 Å². The van der Waals surface area contributed by atoms with Crippen molar-refractivity contribution in [3.63, 3.8) is 0 Å². The Balaban J connectivity index is 1.92. The van der Waals surface area contributed by atoms with Gasteiger partial charge in [0.1, 0.15) is 0 Å². The SMILES string of the molecule is Cc1ccc(NC(=O)C2(c3cccc(Cl)c3)CCCCC2)cc1. The van der Waals surface area contributed by atoms with E-state index in [4.69, 9.17) is 11.6 Å². The van der Waals surface area contributed by atoms with E-state index in [9.17, 15) is 4.79 Å². The van der Waals surface area contributed by atoms with Gasteiger partial charge >= 0.3 is 0 Å². The third kappa shape index (κ3) is 3.42. The second kappa shape index (κ2) is 6.76. The minimum absolute atomic E-state index is 0.0864. The molecule has 0 saturated heterocycles. The molecule has 120 valence electrons. The van der Waals surface area contributed by atoms with Crippen LogP contribution in [0.1, 0.15) is 43.2 Å². The fraction of sp³-hybridized carbons (Fsp3) is 0.350. The van der Waals surface area contributed by atoms with Crippen LogP contribution < -0.4 is 5.32 Å². The number of carbonyl (C=O) groups excluding carboxylic acids is 1. The lowest BCUT2D eigenvalue weighted by Crippen LogP contribution is -2.42. The number of carbonyl (C=O) groups is 1. The number of amides is 1. The summed E-state index contributed by atoms with van der Waals surface area (Å²) in [7, 11) is 0. The maximum Gasteiger partial charge on any atom is 0.235 e. The van der Waals surface area contributed by atoms with Gasteiger partial charge in [-0.2, -0.15) is 0 Å². The van der Waals surface area contributed by atoms with Crippen LogP contribution in [0.2, 0.25) is 5.02 Å². The molecular weight excluding hydrogens is 306 g/mol. The van der Waals surface area contributed by atoms with Gasteiger partial charge in [0, 0.05) is 10.7 Å². The Morgan fingerprint density at radius 3 is 2.39 bits per heavy atom. The lowest BCUT2D eigenvalue weighted by atomic mass is 9.68. The predicted molar refractivity (Wildman–Crippen MR) is 96.0 cm³/mol. The molecule has 2 aromatic rings. The Hall–Kier alpha value is -1.80. The van der Waals surface area contributed by atoms with Crippen LogP contribution in [0.4, 0.5) is 5.69 Å². The van der Waals surface area contributed by atoms with Gasteiger partial charge in [0.05, 0.1) is 5.41 Å². The number of hydrogen-bond donors (Lipinski definition) is 1. The highest BCUT2D eigenvalue weighted by Gasteiger charge is 2.41. The number of rotatable bonds is 3. The Morgan fingerprint density at radius 1 is 1.04 bits per heavy atom. The molecule has 0 radical (unpaired) electrons. The number of anilines is 1. The van der Waals surface area contributed by atoms with Crippen LogP contribution in [0.15, 0.2) is 48.5 Å². The minimum atomic E-state index is -0.464. The van der Waals surface area contributed by atoms with Gasteiger partial charge in [-0.05, 0) is 49.6 Å². The molecule has 3 heteroatoms. The maximum absolute atomic E-state index is 13.1. The van der Waals surface area contributed by atoms with Crippen LogP contribution in [0.3, 0.4) is 0 Å². The molecule has 1 fully saturated rings. The first kappa shape index (κ1) is 16.1. The summed E-state index contributed by atoms with van der Waals surface area (Å²) in [6.07, 6.45) is 5.11. The fourth-order valence-corrected chi connectivity index (χ4v) is 3.67. The van der Waals surface area contributed by atoms with Crippen molar-refractivity contribution < 1.29 is 4.79 Å². The average Bonchev–Trinajstić information content (AvgIpc) is 2.57. The molecule has 0 heterocycles. The van der Waals surface area contributed by atoms with Crippen molar-refractivity contribution in [3.05, 3.63) is 64.7 Å². The van der Waals surface area contributed by atoms with E-state index in [1.807, 2.05) is 55.5 Å². The Morgan fingerprint density at radius 2 is 1.74 bits per heavy atom. The zero-order valence-electron chi connectivity index (χ0n) is 13.4. The molecule has 0 bridgehead atoms. The summed E-state index contributed by atoms with van der Waals surface area (Å²) in [5, 5.41) is 3.81. The summed E-state index contributed by atoms with van der Waals surface area (Å²) in [4.78, 5) is 13.1. The van der Waals surface area contributed by atoms with Gasteiger partial charge < -0.3 is 5.32 Å². The predicted octanol–water partition coefficient (Wildman–Crippen LogP) is 5.49. The lowest BCUT2D eigenvalue weighted by molar-refractivity contribution is -0.122. The van der Waals surface area contributed by atoms with E-state index in [2.05, 4.69) is 5.32 Å². The third-order valence-corrected chi connectivity index (χ3v) is 5.06. The highest BCUT2D eigenvalue weighted by Crippen LogP contribution is 2.41. The number of aryl methyl sites for hydroxylation is 1. The Labute approximate surface area is 142 Å². The second-order valence-corrected chi connectivity index (χ2v) is 6.91. The van der Waals surface area contributed by atoms with Crippen molar-refractivity contribution >= 4 is 23.2 Å². The van der Waals surface area contributed by atoms with Crippen LogP contribution in [0.5, 0.6) is 0 Å². The van der Waals surface area contributed by atoms with Crippen LogP contribution >= 0.6 is 11.6 Å². The van der Waals surface area contributed by atoms with Crippen molar-refractivity contribution in [2.75, 3.05) is 5.32 Å². The molecule has 2 aromatic carbocycles. The molecule has 0 unspecified atom stereocenters. The summed E-state index contributed by atoms with van der Waals surface area (Å²) in [6.45, 7) is 2.04. The molecule has 0 aliphatic heterocycles. The summed E-state index contributed by atoms with van der Waals surface area (Å²) >= 11 is 6.18. The largest absolute Gasteiger partial charge is 0.325 e. The standard InChI is InChI=1S/C20H22ClNO/c1-15-8-10-18(11-9-15)22-19(23)20(12-3-2-4-13-20)16-6-5-7-17(21)14-16/h5-11,14H,2-4,12-13H2,1H3,(H,22,23).